The van der Waals surface area contributed by atoms with Crippen LogP contribution in [0.4, 0.5) is 0 Å². The van der Waals surface area contributed by atoms with Crippen LogP contribution < -0.4 is 5.32 Å². The van der Waals surface area contributed by atoms with E-state index in [2.05, 4.69) is 10.4 Å². The monoisotopic (exact) mass is 249 g/mol. The Labute approximate surface area is 104 Å². The number of hydrogen-bond acceptors (Lipinski definition) is 4. The van der Waals surface area contributed by atoms with Gasteiger partial charge in [0.25, 0.3) is 5.91 Å². The lowest BCUT2D eigenvalue weighted by atomic mass is 10.2. The van der Waals surface area contributed by atoms with Gasteiger partial charge in [-0.1, -0.05) is 0 Å². The molecule has 1 amide bonds. The van der Waals surface area contributed by atoms with Crippen molar-refractivity contribution < 1.29 is 14.3 Å². The molecule has 2 N–H and O–H groups in total. The highest BCUT2D eigenvalue weighted by atomic mass is 16.3. The molecule has 0 aliphatic carbocycles. The number of aliphatic hydroxyl groups excluding tert-OH is 1. The second-order valence-electron chi connectivity index (χ2n) is 3.81. The van der Waals surface area contributed by atoms with Crippen molar-refractivity contribution in [2.24, 2.45) is 0 Å². The van der Waals surface area contributed by atoms with E-state index in [1.807, 2.05) is 6.92 Å². The molecule has 6 nitrogen and oxygen atoms in total. The number of furan rings is 1. The first-order valence-electron chi connectivity index (χ1n) is 5.72. The van der Waals surface area contributed by atoms with Crippen LogP contribution in [0.1, 0.15) is 29.1 Å². The minimum Gasteiger partial charge on any atom is -0.467 e. The fourth-order valence-corrected chi connectivity index (χ4v) is 1.59. The molecule has 1 unspecified atom stereocenters. The molecule has 0 spiro atoms. The topological polar surface area (TPSA) is 80.3 Å². The fourth-order valence-electron chi connectivity index (χ4n) is 1.59. The summed E-state index contributed by atoms with van der Waals surface area (Å²) in [7, 11) is 0. The number of nitrogens with zero attached hydrogens (tertiary/aromatic N) is 2. The molecule has 0 radical (unpaired) electrons. The van der Waals surface area contributed by atoms with E-state index in [9.17, 15) is 9.90 Å². The van der Waals surface area contributed by atoms with Gasteiger partial charge in [0, 0.05) is 12.7 Å². The van der Waals surface area contributed by atoms with Crippen molar-refractivity contribution in [2.45, 2.75) is 19.5 Å². The summed E-state index contributed by atoms with van der Waals surface area (Å²) in [5, 5.41) is 16.0. The number of amides is 1. The molecule has 0 aliphatic heterocycles. The van der Waals surface area contributed by atoms with Gasteiger partial charge in [0.15, 0.2) is 0 Å². The van der Waals surface area contributed by atoms with E-state index in [0.717, 1.165) is 0 Å². The molecule has 0 bridgehead atoms. The number of carbonyl (C=O) groups excluding carboxylic acids is 1. The van der Waals surface area contributed by atoms with Crippen molar-refractivity contribution in [3.63, 3.8) is 0 Å². The predicted octanol–water partition coefficient (Wildman–Crippen LogP) is 0.959. The first-order valence-corrected chi connectivity index (χ1v) is 5.72. The molecular formula is C12H15N3O3. The van der Waals surface area contributed by atoms with Gasteiger partial charge < -0.3 is 14.8 Å². The summed E-state index contributed by atoms with van der Waals surface area (Å²) in [6.45, 7) is 2.42. The van der Waals surface area contributed by atoms with Gasteiger partial charge in [-0.05, 0) is 19.1 Å². The second-order valence-corrected chi connectivity index (χ2v) is 3.81. The summed E-state index contributed by atoms with van der Waals surface area (Å²) in [5.41, 5.74) is 0.460. The van der Waals surface area contributed by atoms with Crippen LogP contribution >= 0.6 is 0 Å². The van der Waals surface area contributed by atoms with Gasteiger partial charge in [-0.15, -0.1) is 0 Å². The van der Waals surface area contributed by atoms with Gasteiger partial charge in [-0.2, -0.15) is 5.10 Å². The van der Waals surface area contributed by atoms with Crippen LogP contribution in [0.2, 0.25) is 0 Å². The quantitative estimate of drug-likeness (QED) is 0.827. The largest absolute Gasteiger partial charge is 0.467 e. The number of hydrogen-bond donors (Lipinski definition) is 2. The molecule has 0 aromatic carbocycles. The van der Waals surface area contributed by atoms with Crippen molar-refractivity contribution in [3.8, 4) is 0 Å². The summed E-state index contributed by atoms with van der Waals surface area (Å²) in [5.74, 6) is 0.235. The van der Waals surface area contributed by atoms with Crippen molar-refractivity contribution in [1.29, 1.82) is 0 Å². The van der Waals surface area contributed by atoms with E-state index in [1.165, 1.54) is 12.5 Å². The maximum atomic E-state index is 11.9. The molecule has 0 fully saturated rings. The Morgan fingerprint density at radius 1 is 1.67 bits per heavy atom. The van der Waals surface area contributed by atoms with Crippen LogP contribution in [0, 0.1) is 0 Å². The number of rotatable bonds is 5. The van der Waals surface area contributed by atoms with Crippen LogP contribution in [-0.4, -0.2) is 27.4 Å². The summed E-state index contributed by atoms with van der Waals surface area (Å²) < 4.78 is 6.82. The molecule has 0 saturated carbocycles. The van der Waals surface area contributed by atoms with Gasteiger partial charge in [-0.3, -0.25) is 9.48 Å². The molecule has 6 heteroatoms. The molecule has 0 aliphatic rings. The van der Waals surface area contributed by atoms with Gasteiger partial charge in [0.1, 0.15) is 11.8 Å². The van der Waals surface area contributed by atoms with Gasteiger partial charge in [-0.25, -0.2) is 0 Å². The summed E-state index contributed by atoms with van der Waals surface area (Å²) in [6.07, 6.45) is 4.65. The average molecular weight is 249 g/mol. The molecule has 0 saturated heterocycles. The zero-order chi connectivity index (χ0) is 13.0. The van der Waals surface area contributed by atoms with E-state index in [1.54, 1.807) is 23.0 Å². The van der Waals surface area contributed by atoms with Crippen molar-refractivity contribution in [1.82, 2.24) is 15.1 Å². The number of carbonyl (C=O) groups is 1. The predicted molar refractivity (Wildman–Crippen MR) is 63.9 cm³/mol. The van der Waals surface area contributed by atoms with Crippen LogP contribution in [0.15, 0.2) is 35.2 Å². The first kappa shape index (κ1) is 12.4. The van der Waals surface area contributed by atoms with Crippen molar-refractivity contribution >= 4 is 5.91 Å². The molecule has 2 heterocycles. The lowest BCUT2D eigenvalue weighted by molar-refractivity contribution is 0.0907. The molecule has 2 rings (SSSR count). The number of aromatic nitrogens is 2. The standard InChI is InChI=1S/C12H15N3O3/c1-2-15-7-9(6-13-15)12(17)14-10(8-16)11-4-3-5-18-11/h3-7,10,16H,2,8H2,1H3,(H,14,17). The zero-order valence-electron chi connectivity index (χ0n) is 10.0. The number of aryl methyl sites for hydroxylation is 1. The van der Waals surface area contributed by atoms with Gasteiger partial charge >= 0.3 is 0 Å². The minimum atomic E-state index is -0.544. The van der Waals surface area contributed by atoms with E-state index in [0.29, 0.717) is 17.9 Å². The van der Waals surface area contributed by atoms with Gasteiger partial charge in [0.05, 0.1) is 24.6 Å². The smallest absolute Gasteiger partial charge is 0.255 e. The van der Waals surface area contributed by atoms with Crippen LogP contribution in [-0.2, 0) is 6.54 Å². The molecule has 96 valence electrons. The van der Waals surface area contributed by atoms with Crippen molar-refractivity contribution in [2.75, 3.05) is 6.61 Å². The van der Waals surface area contributed by atoms with Crippen molar-refractivity contribution in [3.05, 3.63) is 42.1 Å². The van der Waals surface area contributed by atoms with E-state index >= 15 is 0 Å². The lowest BCUT2D eigenvalue weighted by Gasteiger charge is -2.12. The highest BCUT2D eigenvalue weighted by molar-refractivity contribution is 5.93. The Morgan fingerprint density at radius 3 is 3.06 bits per heavy atom. The second kappa shape index (κ2) is 5.50. The average Bonchev–Trinajstić information content (AvgIpc) is 3.05. The fraction of sp³-hybridized carbons (Fsp3) is 0.333. The third-order valence-electron chi connectivity index (χ3n) is 2.59. The molecular weight excluding hydrogens is 234 g/mol. The SMILES string of the molecule is CCn1cc(C(=O)NC(CO)c2ccco2)cn1. The molecule has 2 aromatic heterocycles. The first-order chi connectivity index (χ1) is 8.74. The molecule has 1 atom stereocenters. The Kier molecular flexibility index (Phi) is 3.78. The normalized spacial score (nSPS) is 12.3. The highest BCUT2D eigenvalue weighted by Crippen LogP contribution is 2.13. The number of aliphatic hydroxyl groups is 1. The Balaban J connectivity index is 2.06. The van der Waals surface area contributed by atoms with E-state index < -0.39 is 6.04 Å². The summed E-state index contributed by atoms with van der Waals surface area (Å²) >= 11 is 0. The maximum absolute atomic E-state index is 11.9. The molecule has 2 aromatic rings. The Hall–Kier alpha value is -2.08. The number of nitrogens with one attached hydrogen (secondary N) is 1. The van der Waals surface area contributed by atoms with Crippen LogP contribution in [0.5, 0.6) is 0 Å². The zero-order valence-corrected chi connectivity index (χ0v) is 10.0. The Morgan fingerprint density at radius 2 is 2.50 bits per heavy atom. The van der Waals surface area contributed by atoms with E-state index in [-0.39, 0.29) is 12.5 Å². The minimum absolute atomic E-state index is 0.221. The summed E-state index contributed by atoms with van der Waals surface area (Å²) in [4.78, 5) is 11.9. The third kappa shape index (κ3) is 2.60. The molecule has 18 heavy (non-hydrogen) atoms. The van der Waals surface area contributed by atoms with Gasteiger partial charge in [0.2, 0.25) is 0 Å². The lowest BCUT2D eigenvalue weighted by Crippen LogP contribution is -2.30. The maximum Gasteiger partial charge on any atom is 0.255 e. The van der Waals surface area contributed by atoms with Crippen LogP contribution in [0.25, 0.3) is 0 Å². The summed E-state index contributed by atoms with van der Waals surface area (Å²) in [6, 6.07) is 2.87. The third-order valence-corrected chi connectivity index (χ3v) is 2.59. The van der Waals surface area contributed by atoms with Crippen LogP contribution in [0.3, 0.4) is 0 Å². The Bertz CT molecular complexity index is 504. The highest BCUT2D eigenvalue weighted by Gasteiger charge is 2.17. The van der Waals surface area contributed by atoms with E-state index in [4.69, 9.17) is 4.42 Å².